The smallest absolute Gasteiger partial charge is 0.264 e. The Kier molecular flexibility index (Phi) is 7.87. The number of thioether (sulfide) groups is 1. The van der Waals surface area contributed by atoms with Crippen LogP contribution in [-0.2, 0) is 27.7 Å². The molecule has 4 rings (SSSR count). The molecule has 0 unspecified atom stereocenters. The molecule has 7 heteroatoms. The van der Waals surface area contributed by atoms with Gasteiger partial charge in [0.2, 0.25) is 5.91 Å². The number of benzene rings is 3. The van der Waals surface area contributed by atoms with Gasteiger partial charge in [0, 0.05) is 4.90 Å². The Morgan fingerprint density at radius 1 is 0.971 bits per heavy atom. The minimum Gasteiger partial charge on any atom is -0.348 e. The highest BCUT2D eigenvalue weighted by Crippen LogP contribution is 2.27. The van der Waals surface area contributed by atoms with E-state index in [0.29, 0.717) is 5.69 Å². The maximum Gasteiger partial charge on any atom is 0.264 e. The van der Waals surface area contributed by atoms with E-state index >= 15 is 0 Å². The molecule has 1 aliphatic rings. The van der Waals surface area contributed by atoms with Gasteiger partial charge in [-0.05, 0) is 98.9 Å². The molecule has 0 aromatic heterocycles. The van der Waals surface area contributed by atoms with Gasteiger partial charge in [0.05, 0.1) is 16.6 Å². The molecule has 0 saturated carbocycles. The van der Waals surface area contributed by atoms with Gasteiger partial charge in [0.25, 0.3) is 10.0 Å². The lowest BCUT2D eigenvalue weighted by Crippen LogP contribution is -2.41. The van der Waals surface area contributed by atoms with Crippen molar-refractivity contribution in [3.63, 3.8) is 0 Å². The molecular formula is C28H32N2O3S2. The first-order valence-corrected chi connectivity index (χ1v) is 14.6. The van der Waals surface area contributed by atoms with Crippen molar-refractivity contribution in [2.45, 2.75) is 55.4 Å². The Morgan fingerprint density at radius 3 is 2.29 bits per heavy atom. The summed E-state index contributed by atoms with van der Waals surface area (Å²) in [4.78, 5) is 14.3. The van der Waals surface area contributed by atoms with Crippen LogP contribution in [0.5, 0.6) is 0 Å². The fourth-order valence-electron chi connectivity index (χ4n) is 4.42. The van der Waals surface area contributed by atoms with Crippen molar-refractivity contribution >= 4 is 33.4 Å². The highest BCUT2D eigenvalue weighted by molar-refractivity contribution is 7.98. The van der Waals surface area contributed by atoms with Gasteiger partial charge in [-0.15, -0.1) is 11.8 Å². The molecule has 0 aliphatic heterocycles. The summed E-state index contributed by atoms with van der Waals surface area (Å²) in [6, 6.07) is 20.1. The molecule has 0 bridgehead atoms. The first kappa shape index (κ1) is 25.3. The molecule has 1 atom stereocenters. The molecule has 35 heavy (non-hydrogen) atoms. The van der Waals surface area contributed by atoms with Gasteiger partial charge < -0.3 is 5.32 Å². The average Bonchev–Trinajstić information content (AvgIpc) is 2.87. The predicted octanol–water partition coefficient (Wildman–Crippen LogP) is 5.67. The van der Waals surface area contributed by atoms with Gasteiger partial charge in [-0.3, -0.25) is 9.10 Å². The van der Waals surface area contributed by atoms with Crippen molar-refractivity contribution in [1.82, 2.24) is 5.32 Å². The van der Waals surface area contributed by atoms with Gasteiger partial charge in [-0.25, -0.2) is 8.42 Å². The fraction of sp³-hybridized carbons (Fsp3) is 0.321. The number of nitrogens with zero attached hydrogens (tertiary/aromatic N) is 1. The molecule has 0 spiro atoms. The van der Waals surface area contributed by atoms with Crippen LogP contribution in [0.4, 0.5) is 5.69 Å². The van der Waals surface area contributed by atoms with Crippen molar-refractivity contribution in [2.24, 2.45) is 0 Å². The zero-order valence-electron chi connectivity index (χ0n) is 20.5. The number of rotatable bonds is 8. The van der Waals surface area contributed by atoms with Crippen LogP contribution < -0.4 is 9.62 Å². The van der Waals surface area contributed by atoms with Crippen molar-refractivity contribution in [3.05, 3.63) is 89.0 Å². The lowest BCUT2D eigenvalue weighted by atomic mass is 9.89. The Bertz CT molecular complexity index is 1290. The average molecular weight is 509 g/mol. The van der Waals surface area contributed by atoms with E-state index in [1.807, 2.05) is 32.2 Å². The van der Waals surface area contributed by atoms with Crippen LogP contribution in [0.1, 0.15) is 48.1 Å². The second-order valence-electron chi connectivity index (χ2n) is 9.05. The third-order valence-corrected chi connectivity index (χ3v) is 9.04. The summed E-state index contributed by atoms with van der Waals surface area (Å²) in [5, 5.41) is 3.01. The van der Waals surface area contributed by atoms with E-state index in [4.69, 9.17) is 0 Å². The number of carbonyl (C=O) groups is 1. The number of carbonyl (C=O) groups excluding carboxylic acids is 1. The van der Waals surface area contributed by atoms with Crippen LogP contribution in [-0.4, -0.2) is 27.1 Å². The standard InChI is InChI=1S/C28H32N2O3S2/c1-20-8-12-25(13-9-20)30(35(32,33)27-16-14-26(34-3)15-17-27)19-28(31)29-21(2)23-11-10-22-6-4-5-7-24(22)18-23/h8-18,21H,4-7,19H2,1-3H3,(H,29,31)/t21-/m1/s1. The summed E-state index contributed by atoms with van der Waals surface area (Å²) in [6.45, 7) is 3.58. The highest BCUT2D eigenvalue weighted by Gasteiger charge is 2.28. The number of sulfonamides is 1. The molecule has 1 N–H and O–H groups in total. The minimum absolute atomic E-state index is 0.159. The third kappa shape index (κ3) is 5.90. The van der Waals surface area contributed by atoms with Crippen molar-refractivity contribution in [3.8, 4) is 0 Å². The molecule has 0 fully saturated rings. The number of amides is 1. The van der Waals surface area contributed by atoms with Crippen LogP contribution in [0.25, 0.3) is 0 Å². The van der Waals surface area contributed by atoms with Crippen LogP contribution >= 0.6 is 11.8 Å². The molecule has 184 valence electrons. The maximum absolute atomic E-state index is 13.6. The summed E-state index contributed by atoms with van der Waals surface area (Å²) < 4.78 is 28.4. The predicted molar refractivity (Wildman–Crippen MR) is 144 cm³/mol. The van der Waals surface area contributed by atoms with E-state index in [0.717, 1.165) is 28.9 Å². The first-order valence-electron chi connectivity index (χ1n) is 11.9. The number of nitrogens with one attached hydrogen (secondary N) is 1. The van der Waals surface area contributed by atoms with E-state index < -0.39 is 10.0 Å². The van der Waals surface area contributed by atoms with Crippen molar-refractivity contribution < 1.29 is 13.2 Å². The van der Waals surface area contributed by atoms with Gasteiger partial charge in [0.15, 0.2) is 0 Å². The van der Waals surface area contributed by atoms with Gasteiger partial charge >= 0.3 is 0 Å². The molecule has 3 aromatic carbocycles. The summed E-state index contributed by atoms with van der Waals surface area (Å²) >= 11 is 1.55. The lowest BCUT2D eigenvalue weighted by Gasteiger charge is -2.26. The molecule has 5 nitrogen and oxygen atoms in total. The van der Waals surface area contributed by atoms with E-state index in [9.17, 15) is 13.2 Å². The molecular weight excluding hydrogens is 476 g/mol. The van der Waals surface area contributed by atoms with Crippen LogP contribution in [0, 0.1) is 6.92 Å². The van der Waals surface area contributed by atoms with Crippen LogP contribution in [0.2, 0.25) is 0 Å². The fourth-order valence-corrected chi connectivity index (χ4v) is 6.25. The SMILES string of the molecule is CSc1ccc(S(=O)(=O)N(CC(=O)N[C@H](C)c2ccc3c(c2)CCCC3)c2ccc(C)cc2)cc1. The number of anilines is 1. The summed E-state index contributed by atoms with van der Waals surface area (Å²) in [7, 11) is -3.94. The Labute approximate surface area is 213 Å². The Morgan fingerprint density at radius 2 is 1.63 bits per heavy atom. The van der Waals surface area contributed by atoms with Gasteiger partial charge in [-0.1, -0.05) is 35.9 Å². The van der Waals surface area contributed by atoms with E-state index in [2.05, 4.69) is 23.5 Å². The lowest BCUT2D eigenvalue weighted by molar-refractivity contribution is -0.120. The topological polar surface area (TPSA) is 66.5 Å². The second kappa shape index (κ2) is 10.9. The Balaban J connectivity index is 1.56. The third-order valence-electron chi connectivity index (χ3n) is 6.51. The molecule has 0 radical (unpaired) electrons. The van der Waals surface area contributed by atoms with Crippen molar-refractivity contribution in [1.29, 1.82) is 0 Å². The molecule has 1 amide bonds. The maximum atomic E-state index is 13.6. The summed E-state index contributed by atoms with van der Waals surface area (Å²) in [5.74, 6) is -0.347. The number of hydrogen-bond acceptors (Lipinski definition) is 4. The molecule has 1 aliphatic carbocycles. The minimum atomic E-state index is -3.94. The number of fused-ring (bicyclic) bond motifs is 1. The van der Waals surface area contributed by atoms with Gasteiger partial charge in [0.1, 0.15) is 6.54 Å². The molecule has 3 aromatic rings. The zero-order valence-corrected chi connectivity index (χ0v) is 22.1. The highest BCUT2D eigenvalue weighted by atomic mass is 32.2. The van der Waals surface area contributed by atoms with Crippen molar-refractivity contribution in [2.75, 3.05) is 17.1 Å². The Hall–Kier alpha value is -2.77. The normalized spacial score (nSPS) is 14.1. The van der Waals surface area contributed by atoms with E-state index in [1.165, 1.54) is 28.3 Å². The van der Waals surface area contributed by atoms with E-state index in [-0.39, 0.29) is 23.4 Å². The second-order valence-corrected chi connectivity index (χ2v) is 11.8. The quantitative estimate of drug-likeness (QED) is 0.398. The number of hydrogen-bond donors (Lipinski definition) is 1. The van der Waals surface area contributed by atoms with Crippen LogP contribution in [0.15, 0.2) is 76.5 Å². The van der Waals surface area contributed by atoms with Crippen LogP contribution in [0.3, 0.4) is 0 Å². The van der Waals surface area contributed by atoms with E-state index in [1.54, 1.807) is 48.2 Å². The largest absolute Gasteiger partial charge is 0.348 e. The first-order chi connectivity index (χ1) is 16.8. The summed E-state index contributed by atoms with van der Waals surface area (Å²) in [5.41, 5.74) is 5.26. The molecule has 0 heterocycles. The van der Waals surface area contributed by atoms with Gasteiger partial charge in [-0.2, -0.15) is 0 Å². The zero-order chi connectivity index (χ0) is 25.0. The molecule has 0 saturated heterocycles. The summed E-state index contributed by atoms with van der Waals surface area (Å²) in [6.07, 6.45) is 6.53. The number of aryl methyl sites for hydroxylation is 3. The monoisotopic (exact) mass is 508 g/mol.